The van der Waals surface area contributed by atoms with Crippen LogP contribution in [0.1, 0.15) is 51.9 Å². The van der Waals surface area contributed by atoms with Gasteiger partial charge in [-0.15, -0.1) is 0 Å². The van der Waals surface area contributed by atoms with Crippen LogP contribution < -0.4 is 0 Å². The molecule has 5 aliphatic rings. The summed E-state index contributed by atoms with van der Waals surface area (Å²) in [6.07, 6.45) is 4.85. The highest BCUT2D eigenvalue weighted by Gasteiger charge is 2.76. The van der Waals surface area contributed by atoms with Crippen molar-refractivity contribution in [1.29, 1.82) is 0 Å². The molecule has 5 rings (SSSR count). The fraction of sp³-hybridized carbons (Fsp3) is 0.810. The third-order valence-corrected chi connectivity index (χ3v) is 8.96. The lowest BCUT2D eigenvalue weighted by Crippen LogP contribution is -2.62. The maximum atomic E-state index is 12.5. The molecule has 1 spiro atoms. The fourth-order valence-corrected chi connectivity index (χ4v) is 7.80. The second kappa shape index (κ2) is 5.50. The lowest BCUT2D eigenvalue weighted by atomic mass is 9.46. The standard InChI is InChI=1S/C21H28O6/c1-19-6-4-12(23)8-11(19)2-3-13-14-5-7-21(26,16(24)10-22)20(14)9-15(17(13)19)27-18(20)25/h8,13-15,17-18,22,25-26H,2-7,9-10H2,1H3. The molecular weight excluding hydrogens is 348 g/mol. The second-order valence-corrected chi connectivity index (χ2v) is 9.64. The van der Waals surface area contributed by atoms with Gasteiger partial charge in [-0.2, -0.15) is 0 Å². The summed E-state index contributed by atoms with van der Waals surface area (Å²) in [7, 11) is 0. The van der Waals surface area contributed by atoms with Gasteiger partial charge in [0.05, 0.1) is 11.5 Å². The van der Waals surface area contributed by atoms with E-state index < -0.39 is 29.7 Å². The number of hydrogen-bond acceptors (Lipinski definition) is 6. The first-order valence-electron chi connectivity index (χ1n) is 10.2. The number of rotatable bonds is 2. The molecule has 4 fully saturated rings. The average molecular weight is 376 g/mol. The van der Waals surface area contributed by atoms with Crippen molar-refractivity contribution >= 4 is 11.6 Å². The molecule has 0 amide bonds. The molecule has 0 aromatic rings. The molecule has 0 radical (unpaired) electrons. The average Bonchev–Trinajstić information content (AvgIpc) is 3.11. The Morgan fingerprint density at radius 3 is 2.81 bits per heavy atom. The Labute approximate surface area is 158 Å². The van der Waals surface area contributed by atoms with Crippen LogP contribution in [0.4, 0.5) is 0 Å². The molecule has 0 aromatic heterocycles. The van der Waals surface area contributed by atoms with Crippen LogP contribution >= 0.6 is 0 Å². The minimum atomic E-state index is -1.72. The van der Waals surface area contributed by atoms with Crippen LogP contribution in [0.5, 0.6) is 0 Å². The lowest BCUT2D eigenvalue weighted by molar-refractivity contribution is -0.200. The van der Waals surface area contributed by atoms with Gasteiger partial charge in [-0.05, 0) is 67.8 Å². The molecule has 6 nitrogen and oxygen atoms in total. The number of ketones is 2. The van der Waals surface area contributed by atoms with Gasteiger partial charge < -0.3 is 20.1 Å². The second-order valence-electron chi connectivity index (χ2n) is 9.64. The first kappa shape index (κ1) is 18.0. The maximum absolute atomic E-state index is 12.5. The third kappa shape index (κ3) is 1.95. The topological polar surface area (TPSA) is 104 Å². The van der Waals surface area contributed by atoms with Crippen molar-refractivity contribution in [1.82, 2.24) is 0 Å². The smallest absolute Gasteiger partial charge is 0.190 e. The summed E-state index contributed by atoms with van der Waals surface area (Å²) < 4.78 is 6.04. The number of carbonyl (C=O) groups excluding carboxylic acids is 2. The first-order chi connectivity index (χ1) is 12.8. The van der Waals surface area contributed by atoms with Crippen molar-refractivity contribution in [3.63, 3.8) is 0 Å². The van der Waals surface area contributed by atoms with Crippen LogP contribution in [0, 0.1) is 28.6 Å². The van der Waals surface area contributed by atoms with Gasteiger partial charge in [-0.25, -0.2) is 0 Å². The van der Waals surface area contributed by atoms with Gasteiger partial charge in [0.25, 0.3) is 0 Å². The molecule has 1 saturated heterocycles. The number of Topliss-reactive ketones (excluding diaryl/α,β-unsaturated/α-hetero) is 1. The van der Waals surface area contributed by atoms with Gasteiger partial charge in [0.15, 0.2) is 17.9 Å². The van der Waals surface area contributed by atoms with Crippen LogP contribution in [0.3, 0.4) is 0 Å². The number of ether oxygens (including phenoxy) is 1. The van der Waals surface area contributed by atoms with E-state index in [2.05, 4.69) is 6.92 Å². The van der Waals surface area contributed by atoms with Gasteiger partial charge in [0.1, 0.15) is 12.2 Å². The molecule has 8 atom stereocenters. The highest BCUT2D eigenvalue weighted by molar-refractivity contribution is 5.92. The zero-order valence-corrected chi connectivity index (χ0v) is 15.7. The first-order valence-corrected chi connectivity index (χ1v) is 10.2. The summed E-state index contributed by atoms with van der Waals surface area (Å²) in [5, 5.41) is 31.7. The minimum Gasteiger partial charge on any atom is -0.388 e. The molecule has 1 aliphatic heterocycles. The summed E-state index contributed by atoms with van der Waals surface area (Å²) in [5.41, 5.74) is -1.65. The Morgan fingerprint density at radius 2 is 2.07 bits per heavy atom. The van der Waals surface area contributed by atoms with Crippen LogP contribution in [0.15, 0.2) is 11.6 Å². The molecule has 2 bridgehead atoms. The third-order valence-electron chi connectivity index (χ3n) is 8.96. The van der Waals surface area contributed by atoms with E-state index in [9.17, 15) is 24.9 Å². The zero-order valence-electron chi connectivity index (χ0n) is 15.7. The Balaban J connectivity index is 1.60. The minimum absolute atomic E-state index is 0.00671. The normalized spacial score (nSPS) is 53.4. The van der Waals surface area contributed by atoms with E-state index in [0.717, 1.165) is 19.3 Å². The molecule has 0 aromatic carbocycles. The van der Waals surface area contributed by atoms with Crippen molar-refractivity contribution in [2.45, 2.75) is 69.9 Å². The van der Waals surface area contributed by atoms with Gasteiger partial charge in [-0.3, -0.25) is 9.59 Å². The molecule has 148 valence electrons. The number of aliphatic hydroxyl groups is 3. The summed E-state index contributed by atoms with van der Waals surface area (Å²) in [6, 6.07) is 0. The molecule has 4 aliphatic carbocycles. The molecule has 27 heavy (non-hydrogen) atoms. The predicted octanol–water partition coefficient (Wildman–Crippen LogP) is 1.12. The van der Waals surface area contributed by atoms with Crippen molar-refractivity contribution in [2.75, 3.05) is 6.61 Å². The molecule has 1 heterocycles. The van der Waals surface area contributed by atoms with E-state index >= 15 is 0 Å². The quantitative estimate of drug-likeness (QED) is 0.667. The summed E-state index contributed by atoms with van der Waals surface area (Å²) in [4.78, 5) is 24.5. The number of aliphatic hydroxyl groups excluding tert-OH is 2. The number of fused-ring (bicyclic) bond motifs is 6. The van der Waals surface area contributed by atoms with E-state index in [1.807, 2.05) is 6.08 Å². The zero-order chi connectivity index (χ0) is 19.2. The monoisotopic (exact) mass is 376 g/mol. The lowest BCUT2D eigenvalue weighted by Gasteiger charge is -2.57. The number of carbonyl (C=O) groups is 2. The highest BCUT2D eigenvalue weighted by Crippen LogP contribution is 2.72. The molecule has 6 heteroatoms. The maximum Gasteiger partial charge on any atom is 0.190 e. The van der Waals surface area contributed by atoms with E-state index in [-0.39, 0.29) is 41.5 Å². The molecule has 3 N–H and O–H groups in total. The SMILES string of the molecule is CC12CCC(=O)C=C1CCC1C2C2CC3(C(O)O2)C1CCC3(O)C(=O)CO. The van der Waals surface area contributed by atoms with Gasteiger partial charge in [0, 0.05) is 6.42 Å². The van der Waals surface area contributed by atoms with E-state index in [1.165, 1.54) is 5.57 Å². The summed E-state index contributed by atoms with van der Waals surface area (Å²) in [5.74, 6) is 0.0248. The Hall–Kier alpha value is -1.08. The highest BCUT2D eigenvalue weighted by atomic mass is 16.6. The van der Waals surface area contributed by atoms with Crippen LogP contribution in [0.25, 0.3) is 0 Å². The Bertz CT molecular complexity index is 745. The number of allylic oxidation sites excluding steroid dienone is 1. The molecular formula is C21H28O6. The molecule has 8 unspecified atom stereocenters. The molecule has 3 saturated carbocycles. The fourth-order valence-electron chi connectivity index (χ4n) is 7.80. The van der Waals surface area contributed by atoms with Crippen LogP contribution in [-0.2, 0) is 14.3 Å². The van der Waals surface area contributed by atoms with Crippen molar-refractivity contribution in [3.05, 3.63) is 11.6 Å². The van der Waals surface area contributed by atoms with E-state index in [0.29, 0.717) is 19.3 Å². The van der Waals surface area contributed by atoms with Gasteiger partial charge in [0.2, 0.25) is 0 Å². The van der Waals surface area contributed by atoms with Gasteiger partial charge in [-0.1, -0.05) is 12.5 Å². The predicted molar refractivity (Wildman–Crippen MR) is 94.3 cm³/mol. The van der Waals surface area contributed by atoms with Crippen molar-refractivity contribution in [3.8, 4) is 0 Å². The Morgan fingerprint density at radius 1 is 1.30 bits per heavy atom. The summed E-state index contributed by atoms with van der Waals surface area (Å²) >= 11 is 0. The van der Waals surface area contributed by atoms with Gasteiger partial charge >= 0.3 is 0 Å². The van der Waals surface area contributed by atoms with Crippen LogP contribution in [-0.4, -0.2) is 51.5 Å². The van der Waals surface area contributed by atoms with Crippen molar-refractivity contribution in [2.24, 2.45) is 28.6 Å². The van der Waals surface area contributed by atoms with E-state index in [1.54, 1.807) is 0 Å². The van der Waals surface area contributed by atoms with E-state index in [4.69, 9.17) is 4.74 Å². The Kier molecular flexibility index (Phi) is 3.66. The summed E-state index contributed by atoms with van der Waals surface area (Å²) in [6.45, 7) is 1.51. The van der Waals surface area contributed by atoms with Crippen molar-refractivity contribution < 1.29 is 29.6 Å². The number of hydrogen-bond donors (Lipinski definition) is 3. The van der Waals surface area contributed by atoms with Crippen LogP contribution in [0.2, 0.25) is 0 Å². The largest absolute Gasteiger partial charge is 0.388 e.